The summed E-state index contributed by atoms with van der Waals surface area (Å²) in [5.74, 6) is 0. The maximum atomic E-state index is 6.26. The minimum absolute atomic E-state index is 0.282. The van der Waals surface area contributed by atoms with E-state index in [9.17, 15) is 0 Å². The molecule has 114 valence electrons. The minimum atomic E-state index is 0.282. The molecule has 0 saturated carbocycles. The van der Waals surface area contributed by atoms with Crippen LogP contribution in [0.15, 0.2) is 65.1 Å². The van der Waals surface area contributed by atoms with E-state index in [4.69, 9.17) is 4.84 Å². The van der Waals surface area contributed by atoms with E-state index in [1.165, 1.54) is 27.6 Å². The Bertz CT molecular complexity index is 907. The van der Waals surface area contributed by atoms with Gasteiger partial charge in [0.15, 0.2) is 0 Å². The Kier molecular flexibility index (Phi) is 3.00. The van der Waals surface area contributed by atoms with Gasteiger partial charge >= 0.3 is 0 Å². The molecule has 0 unspecified atom stereocenters. The van der Waals surface area contributed by atoms with Gasteiger partial charge < -0.3 is 0 Å². The summed E-state index contributed by atoms with van der Waals surface area (Å²) in [5.41, 5.74) is 3.96. The molecule has 2 aliphatic heterocycles. The molecule has 23 heavy (non-hydrogen) atoms. The Hall–Kier alpha value is -1.84. The SMILES string of the molecule is Brc1cccc([C@@H]2C[C@@H]3Cc4ccc5ccccc5c4N2O3)c1. The van der Waals surface area contributed by atoms with Crippen LogP contribution in [-0.4, -0.2) is 6.10 Å². The first-order valence-corrected chi connectivity index (χ1v) is 8.81. The van der Waals surface area contributed by atoms with Gasteiger partial charge in [-0.15, -0.1) is 0 Å². The van der Waals surface area contributed by atoms with E-state index >= 15 is 0 Å². The van der Waals surface area contributed by atoms with Gasteiger partial charge in [0.1, 0.15) is 0 Å². The van der Waals surface area contributed by atoms with Gasteiger partial charge in [-0.2, -0.15) is 0 Å². The molecule has 2 bridgehead atoms. The molecule has 0 aliphatic carbocycles. The van der Waals surface area contributed by atoms with Crippen LogP contribution in [0.4, 0.5) is 5.69 Å². The zero-order valence-corrected chi connectivity index (χ0v) is 14.2. The van der Waals surface area contributed by atoms with Gasteiger partial charge in [0.05, 0.1) is 17.8 Å². The first kappa shape index (κ1) is 13.6. The van der Waals surface area contributed by atoms with Crippen LogP contribution in [0.5, 0.6) is 0 Å². The number of halogens is 1. The zero-order valence-electron chi connectivity index (χ0n) is 12.6. The first-order chi connectivity index (χ1) is 11.3. The molecule has 3 aromatic rings. The molecular formula is C20H16BrNO. The summed E-state index contributed by atoms with van der Waals surface area (Å²) in [4.78, 5) is 6.26. The predicted molar refractivity (Wildman–Crippen MR) is 96.5 cm³/mol. The lowest BCUT2D eigenvalue weighted by atomic mass is 9.99. The maximum Gasteiger partial charge on any atom is 0.0921 e. The largest absolute Gasteiger partial charge is 0.269 e. The van der Waals surface area contributed by atoms with E-state index in [-0.39, 0.29) is 12.1 Å². The van der Waals surface area contributed by atoms with Gasteiger partial charge in [0.2, 0.25) is 0 Å². The molecule has 2 heterocycles. The highest BCUT2D eigenvalue weighted by atomic mass is 79.9. The highest BCUT2D eigenvalue weighted by molar-refractivity contribution is 9.10. The lowest BCUT2D eigenvalue weighted by Crippen LogP contribution is -2.27. The van der Waals surface area contributed by atoms with Crippen molar-refractivity contribution in [3.8, 4) is 0 Å². The Morgan fingerprint density at radius 2 is 1.91 bits per heavy atom. The van der Waals surface area contributed by atoms with Gasteiger partial charge in [-0.25, -0.2) is 5.06 Å². The number of hydrogen-bond donors (Lipinski definition) is 0. The smallest absolute Gasteiger partial charge is 0.0921 e. The van der Waals surface area contributed by atoms with Crippen LogP contribution in [0.2, 0.25) is 0 Å². The summed E-state index contributed by atoms with van der Waals surface area (Å²) in [5, 5.41) is 4.71. The molecule has 5 rings (SSSR count). The molecule has 3 heteroatoms. The van der Waals surface area contributed by atoms with Crippen molar-refractivity contribution in [2.75, 3.05) is 5.06 Å². The molecule has 2 aliphatic rings. The van der Waals surface area contributed by atoms with Crippen molar-refractivity contribution in [2.45, 2.75) is 25.0 Å². The van der Waals surface area contributed by atoms with Crippen molar-refractivity contribution in [3.63, 3.8) is 0 Å². The maximum absolute atomic E-state index is 6.26. The van der Waals surface area contributed by atoms with Gasteiger partial charge in [0.25, 0.3) is 0 Å². The monoisotopic (exact) mass is 365 g/mol. The first-order valence-electron chi connectivity index (χ1n) is 8.02. The average Bonchev–Trinajstić information content (AvgIpc) is 2.91. The van der Waals surface area contributed by atoms with Crippen molar-refractivity contribution in [2.24, 2.45) is 0 Å². The molecule has 0 radical (unpaired) electrons. The predicted octanol–water partition coefficient (Wildman–Crippen LogP) is 5.41. The number of fused-ring (bicyclic) bond motifs is 6. The number of hydroxylamine groups is 1. The van der Waals surface area contributed by atoms with E-state index in [1.54, 1.807) is 0 Å². The zero-order chi connectivity index (χ0) is 15.4. The highest BCUT2D eigenvalue weighted by Gasteiger charge is 2.40. The van der Waals surface area contributed by atoms with Crippen molar-refractivity contribution in [3.05, 3.63) is 76.3 Å². The molecule has 1 saturated heterocycles. The van der Waals surface area contributed by atoms with Crippen LogP contribution in [0.25, 0.3) is 10.8 Å². The molecule has 3 aromatic carbocycles. The van der Waals surface area contributed by atoms with E-state index in [2.05, 4.69) is 81.7 Å². The number of benzene rings is 3. The summed E-state index contributed by atoms with van der Waals surface area (Å²) in [6, 6.07) is 21.9. The second-order valence-electron chi connectivity index (χ2n) is 6.36. The Balaban J connectivity index is 1.69. The Labute approximate surface area is 143 Å². The number of rotatable bonds is 1. The number of hydrogen-bond acceptors (Lipinski definition) is 2. The minimum Gasteiger partial charge on any atom is -0.269 e. The van der Waals surface area contributed by atoms with Crippen LogP contribution in [0.3, 0.4) is 0 Å². The van der Waals surface area contributed by atoms with Crippen molar-refractivity contribution < 1.29 is 4.84 Å². The topological polar surface area (TPSA) is 12.5 Å². The summed E-state index contributed by atoms with van der Waals surface area (Å²) in [6.07, 6.45) is 2.33. The number of anilines is 1. The van der Waals surface area contributed by atoms with E-state index in [0.717, 1.165) is 17.3 Å². The Morgan fingerprint density at radius 3 is 2.83 bits per heavy atom. The van der Waals surface area contributed by atoms with Gasteiger partial charge in [0, 0.05) is 22.7 Å². The third kappa shape index (κ3) is 2.11. The summed E-state index contributed by atoms with van der Waals surface area (Å²) in [7, 11) is 0. The van der Waals surface area contributed by atoms with Crippen LogP contribution in [0, 0.1) is 0 Å². The summed E-state index contributed by atoms with van der Waals surface area (Å²) >= 11 is 3.59. The fraction of sp³-hybridized carbons (Fsp3) is 0.200. The van der Waals surface area contributed by atoms with E-state index in [1.807, 2.05) is 0 Å². The van der Waals surface area contributed by atoms with Crippen LogP contribution in [-0.2, 0) is 11.3 Å². The van der Waals surface area contributed by atoms with Crippen LogP contribution in [0.1, 0.15) is 23.6 Å². The molecular weight excluding hydrogens is 350 g/mol. The second-order valence-corrected chi connectivity index (χ2v) is 7.27. The summed E-state index contributed by atoms with van der Waals surface area (Å²) in [6.45, 7) is 0. The molecule has 0 aromatic heterocycles. The molecule has 2 atom stereocenters. The lowest BCUT2D eigenvalue weighted by molar-refractivity contribution is 0.0741. The van der Waals surface area contributed by atoms with Crippen molar-refractivity contribution in [1.29, 1.82) is 0 Å². The Morgan fingerprint density at radius 1 is 1.00 bits per heavy atom. The standard InChI is InChI=1S/C20H16BrNO/c21-16-6-3-5-14(10-16)19-12-17-11-15-9-8-13-4-1-2-7-18(13)20(15)22(19)23-17/h1-10,17,19H,11-12H2/t17-,19-/m0/s1. The third-order valence-corrected chi connectivity index (χ3v) is 5.41. The van der Waals surface area contributed by atoms with E-state index in [0.29, 0.717) is 0 Å². The van der Waals surface area contributed by atoms with Crippen molar-refractivity contribution in [1.82, 2.24) is 0 Å². The highest BCUT2D eigenvalue weighted by Crippen LogP contribution is 2.47. The molecule has 0 spiro atoms. The molecule has 2 nitrogen and oxygen atoms in total. The normalized spacial score (nSPS) is 22.4. The molecule has 0 N–H and O–H groups in total. The third-order valence-electron chi connectivity index (χ3n) is 4.92. The average molecular weight is 366 g/mol. The molecule has 0 amide bonds. The summed E-state index contributed by atoms with van der Waals surface area (Å²) < 4.78 is 1.12. The fourth-order valence-corrected chi connectivity index (χ4v) is 4.32. The number of nitrogens with zero attached hydrogens (tertiary/aromatic N) is 1. The van der Waals surface area contributed by atoms with Gasteiger partial charge in [-0.3, -0.25) is 4.84 Å². The quantitative estimate of drug-likeness (QED) is 0.571. The fourth-order valence-electron chi connectivity index (χ4n) is 3.91. The van der Waals surface area contributed by atoms with E-state index < -0.39 is 0 Å². The lowest BCUT2D eigenvalue weighted by Gasteiger charge is -2.31. The van der Waals surface area contributed by atoms with Gasteiger partial charge in [-0.05, 0) is 28.6 Å². The van der Waals surface area contributed by atoms with Crippen LogP contribution >= 0.6 is 15.9 Å². The second kappa shape index (κ2) is 5.08. The van der Waals surface area contributed by atoms with Gasteiger partial charge in [-0.1, -0.05) is 64.5 Å². The van der Waals surface area contributed by atoms with Crippen molar-refractivity contribution >= 4 is 32.4 Å². The van der Waals surface area contributed by atoms with Crippen LogP contribution < -0.4 is 5.06 Å². The molecule has 1 fully saturated rings.